The lowest BCUT2D eigenvalue weighted by atomic mass is 10.2. The molecule has 0 aliphatic heterocycles. The molecule has 1 unspecified atom stereocenters. The summed E-state index contributed by atoms with van der Waals surface area (Å²) in [4.78, 5) is 0. The molecule has 1 aromatic carbocycles. The van der Waals surface area contributed by atoms with Gasteiger partial charge >= 0.3 is 0 Å². The molecular weight excluding hydrogens is 150 g/mol. The molecule has 0 amide bonds. The minimum atomic E-state index is -0.522. The molecule has 0 radical (unpaired) electrons. The first-order valence-electron chi connectivity index (χ1n) is 4.31. The average molecular weight is 165 g/mol. The van der Waals surface area contributed by atoms with E-state index in [1.165, 1.54) is 0 Å². The van der Waals surface area contributed by atoms with Gasteiger partial charge in [0.25, 0.3) is 0 Å². The molecule has 1 rings (SSSR count). The van der Waals surface area contributed by atoms with Crippen LogP contribution in [-0.4, -0.2) is 11.7 Å². The first-order valence-corrected chi connectivity index (χ1v) is 4.31. The first-order chi connectivity index (χ1) is 5.84. The van der Waals surface area contributed by atoms with E-state index in [9.17, 15) is 5.11 Å². The molecule has 0 aliphatic carbocycles. The molecule has 0 aromatic heterocycles. The molecule has 2 nitrogen and oxygen atoms in total. The molecule has 0 heterocycles. The number of rotatable bonds is 4. The monoisotopic (exact) mass is 165 g/mol. The highest BCUT2D eigenvalue weighted by molar-refractivity contribution is 5.16. The maximum atomic E-state index is 9.54. The van der Waals surface area contributed by atoms with Crippen LogP contribution in [0.2, 0.25) is 0 Å². The predicted octanol–water partition coefficient (Wildman–Crippen LogP) is 1.68. The second kappa shape index (κ2) is 4.91. The predicted molar refractivity (Wildman–Crippen MR) is 49.7 cm³/mol. The Balaban J connectivity index is 2.48. The van der Waals surface area contributed by atoms with E-state index in [0.29, 0.717) is 0 Å². The van der Waals surface area contributed by atoms with Crippen LogP contribution in [0.5, 0.6) is 0 Å². The molecule has 0 saturated heterocycles. The van der Waals surface area contributed by atoms with E-state index in [1.54, 1.807) is 0 Å². The van der Waals surface area contributed by atoms with Crippen LogP contribution in [0, 0.1) is 0 Å². The third kappa shape index (κ3) is 2.64. The van der Waals surface area contributed by atoms with Gasteiger partial charge in [-0.1, -0.05) is 37.3 Å². The molecule has 0 bridgehead atoms. The van der Waals surface area contributed by atoms with Gasteiger partial charge in [0.05, 0.1) is 0 Å². The fourth-order valence-corrected chi connectivity index (χ4v) is 1.03. The summed E-state index contributed by atoms with van der Waals surface area (Å²) in [6.45, 7) is 2.92. The summed E-state index contributed by atoms with van der Waals surface area (Å²) in [6, 6.07) is 9.61. The topological polar surface area (TPSA) is 32.3 Å². The van der Waals surface area contributed by atoms with Gasteiger partial charge in [-0.25, -0.2) is 0 Å². The Morgan fingerprint density at radius 2 is 2.00 bits per heavy atom. The van der Waals surface area contributed by atoms with Gasteiger partial charge in [0.1, 0.15) is 6.23 Å². The van der Waals surface area contributed by atoms with Crippen molar-refractivity contribution >= 4 is 0 Å². The van der Waals surface area contributed by atoms with Gasteiger partial charge in [-0.15, -0.1) is 0 Å². The summed E-state index contributed by atoms with van der Waals surface area (Å²) in [5.41, 5.74) is 0.922. The van der Waals surface area contributed by atoms with Crippen molar-refractivity contribution in [1.29, 1.82) is 0 Å². The van der Waals surface area contributed by atoms with Crippen LogP contribution in [0.15, 0.2) is 30.3 Å². The van der Waals surface area contributed by atoms with Crippen molar-refractivity contribution in [3.05, 3.63) is 35.9 Å². The van der Waals surface area contributed by atoms with Crippen molar-refractivity contribution < 1.29 is 5.11 Å². The fourth-order valence-electron chi connectivity index (χ4n) is 1.03. The molecular formula is C10H15NO. The van der Waals surface area contributed by atoms with Crippen LogP contribution in [-0.2, 0) is 0 Å². The summed E-state index contributed by atoms with van der Waals surface area (Å²) in [6.07, 6.45) is 0.510. The van der Waals surface area contributed by atoms with E-state index in [2.05, 4.69) is 12.2 Å². The number of nitrogens with one attached hydrogen (secondary N) is 1. The van der Waals surface area contributed by atoms with Crippen LogP contribution >= 0.6 is 0 Å². The lowest BCUT2D eigenvalue weighted by Gasteiger charge is -2.11. The molecule has 0 saturated carbocycles. The Hall–Kier alpha value is -0.860. The second-order valence-electron chi connectivity index (χ2n) is 2.77. The van der Waals surface area contributed by atoms with E-state index in [4.69, 9.17) is 0 Å². The minimum absolute atomic E-state index is 0.522. The van der Waals surface area contributed by atoms with Crippen LogP contribution in [0.25, 0.3) is 0 Å². The summed E-state index contributed by atoms with van der Waals surface area (Å²) >= 11 is 0. The maximum absolute atomic E-state index is 9.54. The van der Waals surface area contributed by atoms with Crippen LogP contribution < -0.4 is 5.32 Å². The number of hydrogen-bond donors (Lipinski definition) is 2. The van der Waals surface area contributed by atoms with E-state index < -0.39 is 6.23 Å². The van der Waals surface area contributed by atoms with Crippen LogP contribution in [0.3, 0.4) is 0 Å². The van der Waals surface area contributed by atoms with Gasteiger partial charge in [-0.05, 0) is 18.5 Å². The third-order valence-electron chi connectivity index (χ3n) is 1.70. The zero-order chi connectivity index (χ0) is 8.81. The molecule has 1 aromatic rings. The van der Waals surface area contributed by atoms with Crippen molar-refractivity contribution in [2.75, 3.05) is 6.54 Å². The van der Waals surface area contributed by atoms with Gasteiger partial charge in [0.2, 0.25) is 0 Å². The Bertz CT molecular complexity index is 210. The molecule has 66 valence electrons. The summed E-state index contributed by atoms with van der Waals surface area (Å²) < 4.78 is 0. The largest absolute Gasteiger partial charge is 0.374 e. The lowest BCUT2D eigenvalue weighted by molar-refractivity contribution is 0.139. The van der Waals surface area contributed by atoms with Gasteiger partial charge in [-0.2, -0.15) is 0 Å². The quantitative estimate of drug-likeness (QED) is 0.665. The fraction of sp³-hybridized carbons (Fsp3) is 0.400. The lowest BCUT2D eigenvalue weighted by Crippen LogP contribution is -2.21. The Morgan fingerprint density at radius 3 is 2.58 bits per heavy atom. The number of aliphatic hydroxyl groups is 1. The third-order valence-corrected chi connectivity index (χ3v) is 1.70. The molecule has 0 spiro atoms. The summed E-state index contributed by atoms with van der Waals surface area (Å²) in [5, 5.41) is 12.5. The van der Waals surface area contributed by atoms with Crippen LogP contribution in [0.1, 0.15) is 25.1 Å². The molecule has 0 aliphatic rings. The van der Waals surface area contributed by atoms with E-state index >= 15 is 0 Å². The van der Waals surface area contributed by atoms with Crippen molar-refractivity contribution in [1.82, 2.24) is 5.32 Å². The Morgan fingerprint density at radius 1 is 1.33 bits per heavy atom. The number of aliphatic hydroxyl groups excluding tert-OH is 1. The zero-order valence-corrected chi connectivity index (χ0v) is 7.33. The maximum Gasteiger partial charge on any atom is 0.131 e. The highest BCUT2D eigenvalue weighted by Gasteiger charge is 2.02. The molecule has 12 heavy (non-hydrogen) atoms. The SMILES string of the molecule is CCCNC(O)c1ccccc1. The molecule has 1 atom stereocenters. The first kappa shape index (κ1) is 9.23. The zero-order valence-electron chi connectivity index (χ0n) is 7.33. The number of benzene rings is 1. The summed E-state index contributed by atoms with van der Waals surface area (Å²) in [7, 11) is 0. The van der Waals surface area contributed by atoms with E-state index in [-0.39, 0.29) is 0 Å². The van der Waals surface area contributed by atoms with E-state index in [1.807, 2.05) is 30.3 Å². The van der Waals surface area contributed by atoms with Crippen molar-refractivity contribution in [2.45, 2.75) is 19.6 Å². The average Bonchev–Trinajstić information content (AvgIpc) is 2.15. The molecule has 2 N–H and O–H groups in total. The minimum Gasteiger partial charge on any atom is -0.374 e. The molecule has 2 heteroatoms. The van der Waals surface area contributed by atoms with Crippen molar-refractivity contribution in [3.63, 3.8) is 0 Å². The highest BCUT2D eigenvalue weighted by Crippen LogP contribution is 2.07. The normalized spacial score (nSPS) is 12.8. The van der Waals surface area contributed by atoms with Crippen molar-refractivity contribution in [3.8, 4) is 0 Å². The van der Waals surface area contributed by atoms with Crippen LogP contribution in [0.4, 0.5) is 0 Å². The summed E-state index contributed by atoms with van der Waals surface area (Å²) in [5.74, 6) is 0. The Labute approximate surface area is 73.2 Å². The van der Waals surface area contributed by atoms with E-state index in [0.717, 1.165) is 18.5 Å². The second-order valence-corrected chi connectivity index (χ2v) is 2.77. The highest BCUT2D eigenvalue weighted by atomic mass is 16.3. The van der Waals surface area contributed by atoms with Gasteiger partial charge in [0.15, 0.2) is 0 Å². The molecule has 0 fully saturated rings. The van der Waals surface area contributed by atoms with Crippen molar-refractivity contribution in [2.24, 2.45) is 0 Å². The van der Waals surface area contributed by atoms with Gasteiger partial charge in [-0.3, -0.25) is 5.32 Å². The number of hydrogen-bond acceptors (Lipinski definition) is 2. The smallest absolute Gasteiger partial charge is 0.131 e. The standard InChI is InChI=1S/C10H15NO/c1-2-8-11-10(12)9-6-4-3-5-7-9/h3-7,10-12H,2,8H2,1H3. The Kier molecular flexibility index (Phi) is 3.77. The van der Waals surface area contributed by atoms with Gasteiger partial charge in [0, 0.05) is 0 Å². The van der Waals surface area contributed by atoms with Gasteiger partial charge < -0.3 is 5.11 Å².